The zero-order chi connectivity index (χ0) is 22.5. The van der Waals surface area contributed by atoms with E-state index in [1.807, 2.05) is 52.8 Å². The molecule has 0 bridgehead atoms. The standard InChI is InChI=1S/C20H35N2O3.C4H10.K/c1-15(2)17-9-8-16(12-18(17)21)23-14-22-13-20(6,7)25-11-10-24-19(3,4)5;1-3-4-2;/h8-9,12,15H,10-11,13-14,21H2,1-7H3;3-4H2,1-2H3;/q-1;;+1. The van der Waals surface area contributed by atoms with Crippen molar-refractivity contribution in [3.8, 4) is 5.75 Å². The summed E-state index contributed by atoms with van der Waals surface area (Å²) in [4.78, 5) is 0. The van der Waals surface area contributed by atoms with Gasteiger partial charge in [0.2, 0.25) is 0 Å². The van der Waals surface area contributed by atoms with Gasteiger partial charge in [-0.3, -0.25) is 0 Å². The van der Waals surface area contributed by atoms with E-state index in [0.29, 0.717) is 25.7 Å². The Morgan fingerprint density at radius 1 is 0.967 bits per heavy atom. The first-order valence-corrected chi connectivity index (χ1v) is 10.8. The topological polar surface area (TPSA) is 67.8 Å². The molecule has 0 aliphatic carbocycles. The van der Waals surface area contributed by atoms with Crippen molar-refractivity contribution in [3.63, 3.8) is 0 Å². The summed E-state index contributed by atoms with van der Waals surface area (Å²) in [6.45, 7) is 20.7. The van der Waals surface area contributed by atoms with Crippen molar-refractivity contribution in [1.29, 1.82) is 0 Å². The average Bonchev–Trinajstić information content (AvgIpc) is 2.62. The van der Waals surface area contributed by atoms with E-state index in [2.05, 4.69) is 33.0 Å². The molecule has 5 nitrogen and oxygen atoms in total. The van der Waals surface area contributed by atoms with Gasteiger partial charge in [-0.25, -0.2) is 0 Å². The van der Waals surface area contributed by atoms with Crippen molar-refractivity contribution >= 4 is 5.69 Å². The van der Waals surface area contributed by atoms with Gasteiger partial charge in [0.1, 0.15) is 5.75 Å². The van der Waals surface area contributed by atoms with Crippen LogP contribution < -0.4 is 61.9 Å². The van der Waals surface area contributed by atoms with Crippen LogP contribution in [0.1, 0.15) is 86.6 Å². The second-order valence-corrected chi connectivity index (χ2v) is 9.17. The molecule has 0 unspecified atom stereocenters. The Labute approximate surface area is 228 Å². The molecule has 0 saturated carbocycles. The summed E-state index contributed by atoms with van der Waals surface area (Å²) in [5.74, 6) is 1.14. The van der Waals surface area contributed by atoms with E-state index in [1.165, 1.54) is 12.8 Å². The summed E-state index contributed by atoms with van der Waals surface area (Å²) >= 11 is 0. The number of anilines is 1. The van der Waals surface area contributed by atoms with E-state index in [9.17, 15) is 0 Å². The van der Waals surface area contributed by atoms with Gasteiger partial charge in [0.25, 0.3) is 0 Å². The molecule has 0 spiro atoms. The molecule has 0 saturated heterocycles. The Kier molecular flexibility index (Phi) is 18.3. The SMILES string of the molecule is CC(C)c1ccc(OC[N-]CC(C)(C)OCCOC(C)(C)C)cc1N.CCCC.[K+]. The number of ether oxygens (including phenoxy) is 3. The molecule has 170 valence electrons. The van der Waals surface area contributed by atoms with Crippen LogP contribution >= 0.6 is 0 Å². The molecule has 1 rings (SSSR count). The molecule has 0 aromatic heterocycles. The summed E-state index contributed by atoms with van der Waals surface area (Å²) in [6, 6.07) is 5.81. The van der Waals surface area contributed by atoms with Gasteiger partial charge >= 0.3 is 51.4 Å². The number of unbranched alkanes of at least 4 members (excludes halogenated alkanes) is 1. The number of hydrogen-bond donors (Lipinski definition) is 1. The first-order chi connectivity index (χ1) is 13.4. The minimum Gasteiger partial charge on any atom is -0.627 e. The first-order valence-electron chi connectivity index (χ1n) is 10.8. The van der Waals surface area contributed by atoms with Crippen LogP contribution in [0.5, 0.6) is 5.75 Å². The Hall–Kier alpha value is 0.336. The fourth-order valence-corrected chi connectivity index (χ4v) is 2.31. The zero-order valence-electron chi connectivity index (χ0n) is 21.3. The molecular weight excluding hydrogens is 403 g/mol. The Balaban J connectivity index is 0. The third kappa shape index (κ3) is 17.0. The van der Waals surface area contributed by atoms with Gasteiger partial charge in [-0.1, -0.05) is 46.6 Å². The maximum absolute atomic E-state index is 6.05. The minimum atomic E-state index is -0.342. The fraction of sp³-hybridized carbons (Fsp3) is 0.750. The smallest absolute Gasteiger partial charge is 0.627 e. The summed E-state index contributed by atoms with van der Waals surface area (Å²) in [6.07, 6.45) is 2.64. The molecule has 0 fully saturated rings. The molecule has 30 heavy (non-hydrogen) atoms. The molecule has 0 heterocycles. The van der Waals surface area contributed by atoms with E-state index in [0.717, 1.165) is 17.0 Å². The molecule has 6 heteroatoms. The van der Waals surface area contributed by atoms with Crippen molar-refractivity contribution in [3.05, 3.63) is 29.1 Å². The van der Waals surface area contributed by atoms with Crippen molar-refractivity contribution < 1.29 is 65.6 Å². The van der Waals surface area contributed by atoms with E-state index in [4.69, 9.17) is 19.9 Å². The largest absolute Gasteiger partial charge is 1.00 e. The molecule has 0 radical (unpaired) electrons. The number of nitrogen functional groups attached to an aromatic ring is 1. The minimum absolute atomic E-state index is 0. The summed E-state index contributed by atoms with van der Waals surface area (Å²) in [5.41, 5.74) is 7.46. The second kappa shape index (κ2) is 16.9. The molecular formula is C24H45KN2O3. The van der Waals surface area contributed by atoms with Crippen molar-refractivity contribution in [2.45, 2.75) is 92.3 Å². The number of hydrogen-bond acceptors (Lipinski definition) is 4. The van der Waals surface area contributed by atoms with Crippen molar-refractivity contribution in [2.75, 3.05) is 32.2 Å². The summed E-state index contributed by atoms with van der Waals surface area (Å²) in [5, 5.41) is 4.42. The maximum Gasteiger partial charge on any atom is 1.00 e. The predicted octanol–water partition coefficient (Wildman–Crippen LogP) is 3.52. The monoisotopic (exact) mass is 448 g/mol. The van der Waals surface area contributed by atoms with E-state index < -0.39 is 0 Å². The van der Waals surface area contributed by atoms with Crippen LogP contribution in [0.25, 0.3) is 5.32 Å². The van der Waals surface area contributed by atoms with Crippen LogP contribution in [0, 0.1) is 0 Å². The normalized spacial score (nSPS) is 11.5. The van der Waals surface area contributed by atoms with Crippen LogP contribution in [-0.2, 0) is 9.47 Å². The van der Waals surface area contributed by atoms with E-state index >= 15 is 0 Å². The molecule has 0 aliphatic heterocycles. The van der Waals surface area contributed by atoms with Crippen LogP contribution in [0.3, 0.4) is 0 Å². The van der Waals surface area contributed by atoms with Gasteiger partial charge in [-0.05, 0) is 52.2 Å². The molecule has 0 atom stereocenters. The number of rotatable bonds is 11. The Morgan fingerprint density at radius 3 is 2.00 bits per heavy atom. The van der Waals surface area contributed by atoms with Gasteiger partial charge in [0.15, 0.2) is 0 Å². The van der Waals surface area contributed by atoms with Crippen molar-refractivity contribution in [2.24, 2.45) is 0 Å². The number of benzene rings is 1. The number of nitrogens with two attached hydrogens (primary N) is 1. The summed E-state index contributed by atoms with van der Waals surface area (Å²) in [7, 11) is 0. The molecule has 0 aliphatic rings. The van der Waals surface area contributed by atoms with Gasteiger partial charge < -0.3 is 25.3 Å². The van der Waals surface area contributed by atoms with Crippen LogP contribution in [0.15, 0.2) is 18.2 Å². The van der Waals surface area contributed by atoms with Gasteiger partial charge in [0.05, 0.1) is 18.8 Å². The van der Waals surface area contributed by atoms with E-state index in [1.54, 1.807) is 0 Å². The second-order valence-electron chi connectivity index (χ2n) is 9.17. The Bertz CT molecular complexity index is 556. The first kappa shape index (κ1) is 32.5. The van der Waals surface area contributed by atoms with Crippen molar-refractivity contribution in [1.82, 2.24) is 0 Å². The quantitative estimate of drug-likeness (QED) is 0.319. The maximum atomic E-state index is 6.05. The molecule has 2 N–H and O–H groups in total. The fourth-order valence-electron chi connectivity index (χ4n) is 2.31. The van der Waals surface area contributed by atoms with Gasteiger partial charge in [-0.2, -0.15) is 0 Å². The predicted molar refractivity (Wildman–Crippen MR) is 125 cm³/mol. The molecule has 1 aromatic carbocycles. The third-order valence-corrected chi connectivity index (χ3v) is 4.11. The van der Waals surface area contributed by atoms with E-state index in [-0.39, 0.29) is 69.3 Å². The van der Waals surface area contributed by atoms with Crippen LogP contribution in [-0.4, -0.2) is 37.7 Å². The molecule has 0 amide bonds. The van der Waals surface area contributed by atoms with Gasteiger partial charge in [0, 0.05) is 24.1 Å². The third-order valence-electron chi connectivity index (χ3n) is 4.11. The van der Waals surface area contributed by atoms with Gasteiger partial charge in [-0.15, -0.1) is 6.54 Å². The average molecular weight is 449 g/mol. The van der Waals surface area contributed by atoms with Crippen LogP contribution in [0.4, 0.5) is 5.69 Å². The summed E-state index contributed by atoms with van der Waals surface area (Å²) < 4.78 is 17.2. The Morgan fingerprint density at radius 2 is 1.53 bits per heavy atom. The zero-order valence-corrected chi connectivity index (χ0v) is 24.4. The molecule has 1 aromatic rings. The number of nitrogens with zero attached hydrogens (tertiary/aromatic N) is 1. The van der Waals surface area contributed by atoms with Crippen LogP contribution in [0.2, 0.25) is 0 Å².